The summed E-state index contributed by atoms with van der Waals surface area (Å²) in [6.45, 7) is 1.77. The molecule has 0 amide bonds. The van der Waals surface area contributed by atoms with E-state index >= 15 is 0 Å². The monoisotopic (exact) mass is 208 g/mol. The number of rotatable bonds is 3. The standard InChI is InChI=1S/C9H8N2O4/c1-5-6(2-3-14-5)9-10-7(15-11-9)4-8(12)13/h2-3H,4H2,1H3,(H,12,13). The molecule has 2 aromatic rings. The van der Waals surface area contributed by atoms with E-state index in [4.69, 9.17) is 14.0 Å². The highest BCUT2D eigenvalue weighted by molar-refractivity contribution is 5.69. The number of furan rings is 1. The fourth-order valence-electron chi connectivity index (χ4n) is 1.18. The van der Waals surface area contributed by atoms with Crippen LogP contribution in [0.4, 0.5) is 0 Å². The first-order chi connectivity index (χ1) is 7.16. The highest BCUT2D eigenvalue weighted by Gasteiger charge is 2.14. The Morgan fingerprint density at radius 3 is 3.00 bits per heavy atom. The van der Waals surface area contributed by atoms with Gasteiger partial charge >= 0.3 is 5.97 Å². The van der Waals surface area contributed by atoms with Gasteiger partial charge in [-0.2, -0.15) is 4.98 Å². The van der Waals surface area contributed by atoms with Crippen molar-refractivity contribution in [3.8, 4) is 11.4 Å². The molecule has 0 saturated heterocycles. The predicted octanol–water partition coefficient (Wildman–Crippen LogP) is 1.27. The Balaban J connectivity index is 2.28. The van der Waals surface area contributed by atoms with E-state index in [1.165, 1.54) is 6.26 Å². The SMILES string of the molecule is Cc1occc1-c1noc(CC(=O)O)n1. The highest BCUT2D eigenvalue weighted by Crippen LogP contribution is 2.20. The fourth-order valence-corrected chi connectivity index (χ4v) is 1.18. The van der Waals surface area contributed by atoms with Crippen molar-refractivity contribution < 1.29 is 18.8 Å². The third-order valence-electron chi connectivity index (χ3n) is 1.87. The number of carbonyl (C=O) groups is 1. The molecule has 0 saturated carbocycles. The van der Waals surface area contributed by atoms with E-state index in [0.717, 1.165) is 0 Å². The lowest BCUT2D eigenvalue weighted by molar-refractivity contribution is -0.136. The van der Waals surface area contributed by atoms with Gasteiger partial charge in [-0.3, -0.25) is 4.79 Å². The van der Waals surface area contributed by atoms with Gasteiger partial charge in [-0.05, 0) is 13.0 Å². The second-order valence-corrected chi connectivity index (χ2v) is 2.97. The Bertz CT molecular complexity index is 486. The molecule has 1 N–H and O–H groups in total. The summed E-state index contributed by atoms with van der Waals surface area (Å²) in [5.74, 6) is 0.0855. The number of hydrogen-bond donors (Lipinski definition) is 1. The average Bonchev–Trinajstić information content (AvgIpc) is 2.72. The molecule has 0 fully saturated rings. The Labute approximate surface area is 84.5 Å². The second kappa shape index (κ2) is 3.56. The van der Waals surface area contributed by atoms with Crippen molar-refractivity contribution >= 4 is 5.97 Å². The van der Waals surface area contributed by atoms with Crippen LogP contribution in [-0.2, 0) is 11.2 Å². The zero-order valence-corrected chi connectivity index (χ0v) is 7.93. The summed E-state index contributed by atoms with van der Waals surface area (Å²) >= 11 is 0. The largest absolute Gasteiger partial charge is 0.481 e. The average molecular weight is 208 g/mol. The number of aliphatic carboxylic acids is 1. The van der Waals surface area contributed by atoms with E-state index in [1.807, 2.05) is 0 Å². The van der Waals surface area contributed by atoms with Crippen molar-refractivity contribution in [3.63, 3.8) is 0 Å². The Kier molecular flexibility index (Phi) is 2.24. The van der Waals surface area contributed by atoms with E-state index in [9.17, 15) is 4.79 Å². The van der Waals surface area contributed by atoms with E-state index in [0.29, 0.717) is 17.1 Å². The normalized spacial score (nSPS) is 10.5. The van der Waals surface area contributed by atoms with Crippen LogP contribution in [0, 0.1) is 6.92 Å². The van der Waals surface area contributed by atoms with Crippen LogP contribution in [0.3, 0.4) is 0 Å². The summed E-state index contributed by atoms with van der Waals surface area (Å²) < 4.78 is 9.84. The lowest BCUT2D eigenvalue weighted by Crippen LogP contribution is -1.99. The quantitative estimate of drug-likeness (QED) is 0.816. The molecule has 0 aliphatic heterocycles. The number of aromatic nitrogens is 2. The van der Waals surface area contributed by atoms with Gasteiger partial charge in [0.05, 0.1) is 11.8 Å². The van der Waals surface area contributed by atoms with Gasteiger partial charge in [0.15, 0.2) is 0 Å². The van der Waals surface area contributed by atoms with Gasteiger partial charge in [0.2, 0.25) is 11.7 Å². The first kappa shape index (κ1) is 9.45. The van der Waals surface area contributed by atoms with Crippen LogP contribution in [-0.4, -0.2) is 21.2 Å². The minimum atomic E-state index is -1.01. The van der Waals surface area contributed by atoms with Gasteiger partial charge in [0.1, 0.15) is 12.2 Å². The molecule has 0 atom stereocenters. The van der Waals surface area contributed by atoms with Crippen molar-refractivity contribution in [2.75, 3.05) is 0 Å². The summed E-state index contributed by atoms with van der Waals surface area (Å²) in [6, 6.07) is 1.70. The summed E-state index contributed by atoms with van der Waals surface area (Å²) in [6.07, 6.45) is 1.24. The van der Waals surface area contributed by atoms with Crippen LogP contribution in [0.25, 0.3) is 11.4 Å². The van der Waals surface area contributed by atoms with Crippen molar-refractivity contribution in [2.45, 2.75) is 13.3 Å². The van der Waals surface area contributed by atoms with Crippen molar-refractivity contribution in [1.29, 1.82) is 0 Å². The van der Waals surface area contributed by atoms with E-state index in [-0.39, 0.29) is 12.3 Å². The molecule has 0 aliphatic rings. The predicted molar refractivity (Wildman–Crippen MR) is 48.1 cm³/mol. The molecular weight excluding hydrogens is 200 g/mol. The van der Waals surface area contributed by atoms with Gasteiger partial charge in [-0.25, -0.2) is 0 Å². The Morgan fingerprint density at radius 1 is 1.60 bits per heavy atom. The Hall–Kier alpha value is -2.11. The van der Waals surface area contributed by atoms with E-state index < -0.39 is 5.97 Å². The molecule has 2 heterocycles. The zero-order chi connectivity index (χ0) is 10.8. The molecule has 0 radical (unpaired) electrons. The number of hydrogen-bond acceptors (Lipinski definition) is 5. The third kappa shape index (κ3) is 1.88. The van der Waals surface area contributed by atoms with E-state index in [1.54, 1.807) is 13.0 Å². The van der Waals surface area contributed by atoms with Crippen LogP contribution in [0.15, 0.2) is 21.3 Å². The minimum Gasteiger partial charge on any atom is -0.481 e. The molecule has 2 rings (SSSR count). The van der Waals surface area contributed by atoms with Crippen molar-refractivity contribution in [1.82, 2.24) is 10.1 Å². The van der Waals surface area contributed by atoms with Crippen LogP contribution in [0.2, 0.25) is 0 Å². The maximum atomic E-state index is 10.4. The summed E-state index contributed by atoms with van der Waals surface area (Å²) in [7, 11) is 0. The maximum absolute atomic E-state index is 10.4. The van der Waals surface area contributed by atoms with Gasteiger partial charge in [0.25, 0.3) is 0 Å². The maximum Gasteiger partial charge on any atom is 0.312 e. The van der Waals surface area contributed by atoms with Crippen molar-refractivity contribution in [3.05, 3.63) is 24.0 Å². The molecule has 2 aromatic heterocycles. The Morgan fingerprint density at radius 2 is 2.40 bits per heavy atom. The number of aryl methyl sites for hydroxylation is 1. The van der Waals surface area contributed by atoms with Crippen LogP contribution in [0.5, 0.6) is 0 Å². The molecule has 0 unspecified atom stereocenters. The van der Waals surface area contributed by atoms with Gasteiger partial charge in [-0.1, -0.05) is 5.16 Å². The minimum absolute atomic E-state index is 0.0816. The van der Waals surface area contributed by atoms with Crippen LogP contribution in [0.1, 0.15) is 11.7 Å². The molecule has 0 bridgehead atoms. The summed E-state index contributed by atoms with van der Waals surface area (Å²) in [5.41, 5.74) is 0.704. The molecule has 0 aliphatic carbocycles. The fraction of sp³-hybridized carbons (Fsp3) is 0.222. The summed E-state index contributed by atoms with van der Waals surface area (Å²) in [4.78, 5) is 14.3. The molecule has 78 valence electrons. The number of nitrogens with zero attached hydrogens (tertiary/aromatic N) is 2. The number of carboxylic acids is 1. The van der Waals surface area contributed by atoms with Gasteiger partial charge in [-0.15, -0.1) is 0 Å². The van der Waals surface area contributed by atoms with Crippen LogP contribution >= 0.6 is 0 Å². The third-order valence-corrected chi connectivity index (χ3v) is 1.87. The smallest absolute Gasteiger partial charge is 0.312 e. The first-order valence-electron chi connectivity index (χ1n) is 4.25. The topological polar surface area (TPSA) is 89.4 Å². The van der Waals surface area contributed by atoms with Crippen molar-refractivity contribution in [2.24, 2.45) is 0 Å². The van der Waals surface area contributed by atoms with E-state index in [2.05, 4.69) is 10.1 Å². The second-order valence-electron chi connectivity index (χ2n) is 2.97. The lowest BCUT2D eigenvalue weighted by Gasteiger charge is -1.87. The zero-order valence-electron chi connectivity index (χ0n) is 7.93. The highest BCUT2D eigenvalue weighted by atomic mass is 16.5. The molecule has 0 spiro atoms. The summed E-state index contributed by atoms with van der Waals surface area (Å²) in [5, 5.41) is 12.2. The molecular formula is C9H8N2O4. The first-order valence-corrected chi connectivity index (χ1v) is 4.25. The molecule has 15 heavy (non-hydrogen) atoms. The van der Waals surface area contributed by atoms with Gasteiger partial charge in [0, 0.05) is 0 Å². The lowest BCUT2D eigenvalue weighted by atomic mass is 10.2. The van der Waals surface area contributed by atoms with Crippen LogP contribution < -0.4 is 0 Å². The molecule has 0 aromatic carbocycles. The van der Waals surface area contributed by atoms with Gasteiger partial charge < -0.3 is 14.0 Å². The number of carboxylic acid groups (broad SMARTS) is 1. The molecule has 6 heteroatoms. The molecule has 6 nitrogen and oxygen atoms in total.